The van der Waals surface area contributed by atoms with Gasteiger partial charge in [-0.15, -0.1) is 0 Å². The Bertz CT molecular complexity index is 3020. The molecule has 4 amide bonds. The van der Waals surface area contributed by atoms with Crippen molar-refractivity contribution in [3.8, 4) is 45.7 Å². The van der Waals surface area contributed by atoms with Crippen LogP contribution in [0.2, 0.25) is 0 Å². The normalized spacial score (nSPS) is 18.7. The van der Waals surface area contributed by atoms with Gasteiger partial charge in [-0.1, -0.05) is 15.9 Å². The maximum absolute atomic E-state index is 13.3. The fourth-order valence-electron chi connectivity index (χ4n) is 9.99. The zero-order valence-electron chi connectivity index (χ0n) is 42.8. The molecule has 3 saturated heterocycles. The highest BCUT2D eigenvalue weighted by Gasteiger charge is 2.52. The number of ketones is 2. The number of carbonyl (C=O) groups excluding carboxylic acids is 6. The fraction of sp³-hybridized carbons (Fsp3) is 0.444. The van der Waals surface area contributed by atoms with Crippen molar-refractivity contribution < 1.29 is 47.7 Å². The van der Waals surface area contributed by atoms with Gasteiger partial charge >= 0.3 is 12.2 Å². The van der Waals surface area contributed by atoms with E-state index >= 15 is 0 Å². The third-order valence-corrected chi connectivity index (χ3v) is 14.2. The van der Waals surface area contributed by atoms with Crippen LogP contribution in [0.3, 0.4) is 0 Å². The van der Waals surface area contributed by atoms with Crippen LogP contribution in [0, 0.1) is 0 Å². The van der Waals surface area contributed by atoms with Gasteiger partial charge in [0, 0.05) is 68.2 Å². The van der Waals surface area contributed by atoms with Crippen molar-refractivity contribution in [1.29, 1.82) is 0 Å². The Morgan fingerprint density at radius 3 is 1.68 bits per heavy atom. The minimum absolute atomic E-state index is 0.0448. The first kappa shape index (κ1) is 51.7. The quantitative estimate of drug-likeness (QED) is 0.121. The molecule has 6 aliphatic rings. The number of nitrogens with one attached hydrogen (secondary N) is 3. The van der Waals surface area contributed by atoms with Gasteiger partial charge < -0.3 is 44.4 Å². The molecular formula is C54H60BrN9O10. The number of methoxy groups -OCH3 is 2. The Kier molecular flexibility index (Phi) is 13.9. The topological polar surface area (TPSA) is 237 Å². The number of rotatable bonds is 4. The van der Waals surface area contributed by atoms with E-state index in [-0.39, 0.29) is 40.7 Å². The number of likely N-dealkylation sites (tertiary alicyclic amines) is 2. The average Bonchev–Trinajstić information content (AvgIpc) is 3.72. The molecule has 19 nitrogen and oxygen atoms in total. The van der Waals surface area contributed by atoms with Gasteiger partial charge in [-0.05, 0) is 132 Å². The summed E-state index contributed by atoms with van der Waals surface area (Å²) in [7, 11) is 3.26. The molecule has 74 heavy (non-hydrogen) atoms. The van der Waals surface area contributed by atoms with Crippen molar-refractivity contribution in [3.05, 3.63) is 94.6 Å². The smallest absolute Gasteiger partial charge is 0.410 e. The summed E-state index contributed by atoms with van der Waals surface area (Å²) in [6.45, 7) is 12.5. The Morgan fingerprint density at radius 1 is 0.676 bits per heavy atom. The minimum Gasteiger partial charge on any atom is -0.497 e. The van der Waals surface area contributed by atoms with Crippen LogP contribution in [0.1, 0.15) is 104 Å². The molecular weight excluding hydrogens is 1010 g/mol. The molecule has 11 rings (SSSR count). The number of benzene rings is 2. The van der Waals surface area contributed by atoms with Gasteiger partial charge in [0.15, 0.2) is 17.4 Å². The predicted octanol–water partition coefficient (Wildman–Crippen LogP) is 7.02. The number of aromatic amines is 1. The van der Waals surface area contributed by atoms with Crippen LogP contribution in [0.25, 0.3) is 34.2 Å². The van der Waals surface area contributed by atoms with E-state index in [1.165, 1.54) is 4.90 Å². The Morgan fingerprint density at radius 2 is 1.18 bits per heavy atom. The molecule has 2 aromatic carbocycles. The first-order valence-electron chi connectivity index (χ1n) is 24.6. The summed E-state index contributed by atoms with van der Waals surface area (Å²) >= 11 is 3.40. The number of H-pyrrole nitrogens is 1. The number of alkyl halides is 1. The molecule has 7 heterocycles. The molecule has 3 aromatic heterocycles. The number of amides is 4. The van der Waals surface area contributed by atoms with Gasteiger partial charge in [-0.3, -0.25) is 19.2 Å². The van der Waals surface area contributed by atoms with E-state index < -0.39 is 28.4 Å². The average molecular weight is 1080 g/mol. The molecule has 3 N–H and O–H groups in total. The minimum atomic E-state index is -0.554. The number of fused-ring (bicyclic) bond motifs is 6. The zero-order chi connectivity index (χ0) is 52.9. The van der Waals surface area contributed by atoms with Crippen LogP contribution in [-0.2, 0) is 44.7 Å². The molecule has 0 bridgehead atoms. The number of piperidine rings is 1. The number of aryl methyl sites for hydroxylation is 2. The summed E-state index contributed by atoms with van der Waals surface area (Å²) in [4.78, 5) is 97.2. The second-order valence-corrected chi connectivity index (χ2v) is 22.7. The number of ether oxygens (including phenoxy) is 4. The van der Waals surface area contributed by atoms with E-state index in [1.807, 2.05) is 75.5 Å². The third-order valence-electron chi connectivity index (χ3n) is 13.4. The SMILES string of the molecule is CC(C)(C)OC(=O)N1CC2(CC(=O)CC(=O)N2)C1.COc1ccc(-c2ncc3c(n2)-c2[nH]c4c(c2CC3)C(=O)NC2(C4)CN(C(=O)OC(C)(C)C)C2)cc1.COc1ccc(-c2ncc3c(n2)C(=O)C(Br)CC3)cc1. The molecule has 2 spiro atoms. The van der Waals surface area contributed by atoms with Crippen LogP contribution in [0.15, 0.2) is 60.9 Å². The summed E-state index contributed by atoms with van der Waals surface area (Å²) in [5, 5.41) is 5.99. The van der Waals surface area contributed by atoms with Gasteiger partial charge in [-0.2, -0.15) is 0 Å². The Labute approximate surface area is 437 Å². The largest absolute Gasteiger partial charge is 0.497 e. The zero-order valence-corrected chi connectivity index (χ0v) is 44.4. The molecule has 388 valence electrons. The Balaban J connectivity index is 0.000000150. The van der Waals surface area contributed by atoms with E-state index in [4.69, 9.17) is 23.9 Å². The number of hydrogen-bond acceptors (Lipinski definition) is 14. The summed E-state index contributed by atoms with van der Waals surface area (Å²) in [6, 6.07) is 15.1. The van der Waals surface area contributed by atoms with E-state index in [0.29, 0.717) is 56.4 Å². The molecule has 1 unspecified atom stereocenters. The van der Waals surface area contributed by atoms with E-state index in [1.54, 1.807) is 46.1 Å². The van der Waals surface area contributed by atoms with Crippen LogP contribution in [0.5, 0.6) is 11.5 Å². The molecule has 3 fully saturated rings. The highest BCUT2D eigenvalue weighted by atomic mass is 79.9. The van der Waals surface area contributed by atoms with Gasteiger partial charge in [0.2, 0.25) is 5.91 Å². The van der Waals surface area contributed by atoms with Gasteiger partial charge in [-0.25, -0.2) is 29.5 Å². The maximum atomic E-state index is 13.3. The predicted molar refractivity (Wildman–Crippen MR) is 275 cm³/mol. The highest BCUT2D eigenvalue weighted by molar-refractivity contribution is 9.10. The number of carbonyl (C=O) groups is 6. The summed E-state index contributed by atoms with van der Waals surface area (Å²) in [5.74, 6) is 2.39. The fourth-order valence-corrected chi connectivity index (χ4v) is 10.4. The summed E-state index contributed by atoms with van der Waals surface area (Å²) in [5.41, 5.74) is 6.57. The number of nitrogens with zero attached hydrogens (tertiary/aromatic N) is 6. The molecule has 4 aliphatic heterocycles. The second kappa shape index (κ2) is 19.9. The molecule has 5 aromatic rings. The first-order chi connectivity index (χ1) is 35.0. The van der Waals surface area contributed by atoms with Crippen molar-refractivity contribution >= 4 is 51.5 Å². The second-order valence-electron chi connectivity index (χ2n) is 21.6. The third kappa shape index (κ3) is 11.0. The van der Waals surface area contributed by atoms with Gasteiger partial charge in [0.05, 0.1) is 53.5 Å². The van der Waals surface area contributed by atoms with Gasteiger partial charge in [0.25, 0.3) is 5.91 Å². The molecule has 0 radical (unpaired) electrons. The highest BCUT2D eigenvalue weighted by Crippen LogP contribution is 2.41. The lowest BCUT2D eigenvalue weighted by Gasteiger charge is -2.51. The van der Waals surface area contributed by atoms with Crippen molar-refractivity contribution in [1.82, 2.24) is 45.4 Å². The van der Waals surface area contributed by atoms with Crippen LogP contribution in [-0.4, -0.2) is 138 Å². The lowest BCUT2D eigenvalue weighted by Crippen LogP contribution is -2.74. The van der Waals surface area contributed by atoms with E-state index in [2.05, 4.69) is 46.5 Å². The first-order valence-corrected chi connectivity index (χ1v) is 25.5. The molecule has 20 heteroatoms. The van der Waals surface area contributed by atoms with Crippen molar-refractivity contribution in [2.75, 3.05) is 40.4 Å². The van der Waals surface area contributed by atoms with Crippen LogP contribution < -0.4 is 20.1 Å². The summed E-state index contributed by atoms with van der Waals surface area (Å²) in [6.07, 6.45) is 6.95. The van der Waals surface area contributed by atoms with E-state index in [9.17, 15) is 28.8 Å². The monoisotopic (exact) mass is 1070 g/mol. The van der Waals surface area contributed by atoms with E-state index in [0.717, 1.165) is 87.6 Å². The number of hydrogen-bond donors (Lipinski definition) is 3. The van der Waals surface area contributed by atoms with Crippen LogP contribution >= 0.6 is 15.9 Å². The van der Waals surface area contributed by atoms with Gasteiger partial charge in [0.1, 0.15) is 34.2 Å². The summed E-state index contributed by atoms with van der Waals surface area (Å²) < 4.78 is 21.1. The lowest BCUT2D eigenvalue weighted by molar-refractivity contribution is -0.138. The number of Topliss-reactive ketones (excluding diaryl/α,β-unsaturated/α-hetero) is 2. The standard InChI is InChI=1S/C27H29N5O4.C15H13BrN2O2.C12H18N2O4/c1-26(2,3)36-25(34)32-13-27(14-32)11-19-20(24(33)31-27)18-10-7-16-12-28-23(30-21(16)22(18)29-19)15-5-8-17(35-4)9-6-15;1-20-11-5-2-9(3-6-11)15-17-8-10-4-7-12(16)14(19)13(10)18-15;1-11(2,3)18-10(17)14-6-12(7-14)5-8(15)4-9(16)13-12/h5-6,8-9,12,29H,7,10-11,13-14H2,1-4H3,(H,31,33);2-3,5-6,8,12H,4,7H2,1H3;4-7H2,1-3H3,(H,13,16). The number of aromatic nitrogens is 5. The van der Waals surface area contributed by atoms with Crippen LogP contribution in [0.4, 0.5) is 9.59 Å². The van der Waals surface area contributed by atoms with Crippen molar-refractivity contribution in [3.63, 3.8) is 0 Å². The molecule has 2 aliphatic carbocycles. The van der Waals surface area contributed by atoms with Crippen molar-refractivity contribution in [2.45, 2.75) is 114 Å². The molecule has 0 saturated carbocycles. The molecule has 1 atom stereocenters. The maximum Gasteiger partial charge on any atom is 0.410 e. The Hall–Kier alpha value is -7.22. The number of halogens is 1. The van der Waals surface area contributed by atoms with Crippen molar-refractivity contribution in [2.24, 2.45) is 0 Å². The lowest BCUT2D eigenvalue weighted by atomic mass is 9.80.